The fraction of sp³-hybridized carbons (Fsp3) is 0.261. The number of hydrogen-bond donors (Lipinski definition) is 1. The van der Waals surface area contributed by atoms with E-state index < -0.39 is 0 Å². The molecule has 0 fully saturated rings. The molecule has 0 saturated carbocycles. The van der Waals surface area contributed by atoms with E-state index in [2.05, 4.69) is 31.5 Å². The molecule has 0 aliphatic heterocycles. The van der Waals surface area contributed by atoms with Crippen LogP contribution in [-0.4, -0.2) is 13.2 Å². The van der Waals surface area contributed by atoms with Crippen LogP contribution in [0.1, 0.15) is 36.5 Å². The second-order valence-electron chi connectivity index (χ2n) is 6.19. The van der Waals surface area contributed by atoms with E-state index in [4.69, 9.17) is 14.7 Å². The lowest BCUT2D eigenvalue weighted by molar-refractivity contribution is 0.216. The number of nitrogens with zero attached hydrogens (tertiary/aromatic N) is 1. The molecule has 1 atom stereocenters. The molecule has 0 radical (unpaired) electrons. The van der Waals surface area contributed by atoms with Crippen LogP contribution in [-0.2, 0) is 6.54 Å². The zero-order valence-corrected chi connectivity index (χ0v) is 16.0. The largest absolute Gasteiger partial charge is 0.497 e. The Balaban J connectivity index is 2.03. The first kappa shape index (κ1) is 20.1. The van der Waals surface area contributed by atoms with E-state index in [-0.39, 0.29) is 6.10 Å². The van der Waals surface area contributed by atoms with Crippen molar-refractivity contribution in [1.82, 2.24) is 5.32 Å². The van der Waals surface area contributed by atoms with Gasteiger partial charge in [0.1, 0.15) is 17.6 Å². The Kier molecular flexibility index (Phi) is 7.51. The molecule has 0 aliphatic rings. The van der Waals surface area contributed by atoms with Crippen molar-refractivity contribution < 1.29 is 9.47 Å². The zero-order chi connectivity index (χ0) is 19.6. The molecule has 0 aliphatic carbocycles. The molecule has 0 aromatic heterocycles. The van der Waals surface area contributed by atoms with Gasteiger partial charge in [-0.1, -0.05) is 44.7 Å². The molecule has 0 spiro atoms. The molecule has 2 aromatic carbocycles. The first-order valence-electron chi connectivity index (χ1n) is 9.00. The summed E-state index contributed by atoms with van der Waals surface area (Å²) in [6, 6.07) is 15.5. The lowest BCUT2D eigenvalue weighted by Gasteiger charge is -2.22. The Hall–Kier alpha value is -3.19. The van der Waals surface area contributed by atoms with E-state index in [1.54, 1.807) is 19.3 Å². The third-order valence-corrected chi connectivity index (χ3v) is 4.26. The summed E-state index contributed by atoms with van der Waals surface area (Å²) in [4.78, 5) is 0. The Morgan fingerprint density at radius 1 is 1.22 bits per heavy atom. The van der Waals surface area contributed by atoms with Gasteiger partial charge in [-0.2, -0.15) is 5.26 Å². The van der Waals surface area contributed by atoms with E-state index in [1.165, 1.54) is 0 Å². The molecule has 4 heteroatoms. The summed E-state index contributed by atoms with van der Waals surface area (Å²) in [5.74, 6) is 1.54. The predicted octanol–water partition coefficient (Wildman–Crippen LogP) is 5.06. The number of hydrogen-bond acceptors (Lipinski definition) is 4. The molecule has 2 rings (SSSR count). The number of nitriles is 1. The minimum absolute atomic E-state index is 0.154. The highest BCUT2D eigenvalue weighted by atomic mass is 16.5. The molecule has 27 heavy (non-hydrogen) atoms. The molecular weight excluding hydrogens is 336 g/mol. The van der Waals surface area contributed by atoms with Crippen molar-refractivity contribution in [3.05, 3.63) is 78.0 Å². The summed E-state index contributed by atoms with van der Waals surface area (Å²) in [6.45, 7) is 10.7. The van der Waals surface area contributed by atoms with E-state index in [9.17, 15) is 0 Å². The average Bonchev–Trinajstić information content (AvgIpc) is 2.71. The molecule has 0 heterocycles. The smallest absolute Gasteiger partial charge is 0.137 e. The van der Waals surface area contributed by atoms with Crippen LogP contribution >= 0.6 is 0 Å². The van der Waals surface area contributed by atoms with Gasteiger partial charge in [-0.25, -0.2) is 0 Å². The van der Waals surface area contributed by atoms with Gasteiger partial charge in [0, 0.05) is 12.2 Å². The van der Waals surface area contributed by atoms with E-state index >= 15 is 0 Å². The second-order valence-corrected chi connectivity index (χ2v) is 6.19. The lowest BCUT2D eigenvalue weighted by atomic mass is 10.1. The zero-order valence-electron chi connectivity index (χ0n) is 16.0. The van der Waals surface area contributed by atoms with Gasteiger partial charge < -0.3 is 14.8 Å². The predicted molar refractivity (Wildman–Crippen MR) is 110 cm³/mol. The van der Waals surface area contributed by atoms with Crippen molar-refractivity contribution in [2.24, 2.45) is 0 Å². The van der Waals surface area contributed by atoms with E-state index in [0.717, 1.165) is 35.4 Å². The van der Waals surface area contributed by atoms with Crippen LogP contribution in [0.4, 0.5) is 0 Å². The van der Waals surface area contributed by atoms with Crippen molar-refractivity contribution in [3.8, 4) is 17.6 Å². The van der Waals surface area contributed by atoms with Crippen LogP contribution in [0.15, 0.2) is 61.3 Å². The van der Waals surface area contributed by atoms with Crippen LogP contribution in [0.5, 0.6) is 11.5 Å². The first-order valence-corrected chi connectivity index (χ1v) is 9.00. The summed E-state index contributed by atoms with van der Waals surface area (Å²) in [5.41, 5.74) is 3.32. The molecule has 1 N–H and O–H groups in total. The second kappa shape index (κ2) is 10.1. The molecule has 2 aromatic rings. The van der Waals surface area contributed by atoms with Crippen LogP contribution in [0.2, 0.25) is 0 Å². The number of nitrogens with one attached hydrogen (secondary N) is 1. The van der Waals surface area contributed by atoms with Crippen molar-refractivity contribution in [3.63, 3.8) is 0 Å². The average molecular weight is 362 g/mol. The molecular formula is C23H26N2O2. The maximum Gasteiger partial charge on any atom is 0.137 e. The topological polar surface area (TPSA) is 54.3 Å². The molecule has 4 nitrogen and oxygen atoms in total. The first-order chi connectivity index (χ1) is 13.1. The monoisotopic (exact) mass is 362 g/mol. The van der Waals surface area contributed by atoms with Crippen LogP contribution in [0, 0.1) is 11.3 Å². The normalized spacial score (nSPS) is 11.1. The Labute approximate surface area is 161 Å². The minimum atomic E-state index is -0.154. The quantitative estimate of drug-likeness (QED) is 0.642. The summed E-state index contributed by atoms with van der Waals surface area (Å²) in [7, 11) is 1.66. The Bertz CT molecular complexity index is 819. The van der Waals surface area contributed by atoms with Gasteiger partial charge in [0.15, 0.2) is 0 Å². The van der Waals surface area contributed by atoms with Crippen molar-refractivity contribution >= 4 is 6.08 Å². The van der Waals surface area contributed by atoms with Gasteiger partial charge in [-0.15, -0.1) is 0 Å². The van der Waals surface area contributed by atoms with E-state index in [1.807, 2.05) is 36.4 Å². The highest BCUT2D eigenvalue weighted by molar-refractivity contribution is 5.58. The third-order valence-electron chi connectivity index (χ3n) is 4.26. The molecule has 0 amide bonds. The van der Waals surface area contributed by atoms with Gasteiger partial charge in [-0.05, 0) is 47.9 Å². The van der Waals surface area contributed by atoms with Crippen LogP contribution in [0.3, 0.4) is 0 Å². The minimum Gasteiger partial charge on any atom is -0.497 e. The maximum atomic E-state index is 9.14. The summed E-state index contributed by atoms with van der Waals surface area (Å²) in [5, 5.41) is 12.5. The van der Waals surface area contributed by atoms with Crippen molar-refractivity contribution in [2.45, 2.75) is 32.4 Å². The lowest BCUT2D eigenvalue weighted by Crippen LogP contribution is -2.28. The highest BCUT2D eigenvalue weighted by Crippen LogP contribution is 2.22. The van der Waals surface area contributed by atoms with Crippen LogP contribution < -0.4 is 14.8 Å². The Morgan fingerprint density at radius 2 is 1.93 bits per heavy atom. The SMILES string of the molecule is C=Cc1cc(OC(CCC)C(=C)NCc2ccc(OC)cc2)ccc1C#N. The van der Waals surface area contributed by atoms with Gasteiger partial charge in [0.05, 0.1) is 18.7 Å². The summed E-state index contributed by atoms with van der Waals surface area (Å²) < 4.78 is 11.3. The fourth-order valence-corrected chi connectivity index (χ4v) is 2.69. The molecule has 1 unspecified atom stereocenters. The molecule has 0 bridgehead atoms. The Morgan fingerprint density at radius 3 is 2.52 bits per heavy atom. The van der Waals surface area contributed by atoms with E-state index in [0.29, 0.717) is 17.9 Å². The third kappa shape index (κ3) is 5.65. The number of benzene rings is 2. The highest BCUT2D eigenvalue weighted by Gasteiger charge is 2.14. The van der Waals surface area contributed by atoms with Crippen molar-refractivity contribution in [2.75, 3.05) is 7.11 Å². The molecule has 0 saturated heterocycles. The van der Waals surface area contributed by atoms with Gasteiger partial charge in [-0.3, -0.25) is 0 Å². The number of methoxy groups -OCH3 is 1. The van der Waals surface area contributed by atoms with Crippen LogP contribution in [0.25, 0.3) is 6.08 Å². The number of ether oxygens (including phenoxy) is 2. The summed E-state index contributed by atoms with van der Waals surface area (Å²) >= 11 is 0. The van der Waals surface area contributed by atoms with Gasteiger partial charge in [0.2, 0.25) is 0 Å². The number of rotatable bonds is 10. The van der Waals surface area contributed by atoms with Gasteiger partial charge >= 0.3 is 0 Å². The maximum absolute atomic E-state index is 9.14. The molecule has 140 valence electrons. The standard InChI is InChI=1S/C23H26N2O2/c1-5-7-23(27-22-13-10-20(15-24)19(6-2)14-22)17(3)25-16-18-8-11-21(26-4)12-9-18/h6,8-14,23,25H,2-3,5,7,16H2,1,4H3. The summed E-state index contributed by atoms with van der Waals surface area (Å²) in [6.07, 6.45) is 3.33. The van der Waals surface area contributed by atoms with Gasteiger partial charge in [0.25, 0.3) is 0 Å². The fourth-order valence-electron chi connectivity index (χ4n) is 2.69. The van der Waals surface area contributed by atoms with Crippen molar-refractivity contribution in [1.29, 1.82) is 5.26 Å².